The van der Waals surface area contributed by atoms with Gasteiger partial charge in [0.2, 0.25) is 10.0 Å². The number of carbonyl (C=O) groups is 1. The Morgan fingerprint density at radius 3 is 2.67 bits per heavy atom. The van der Waals surface area contributed by atoms with Crippen LogP contribution in [0.25, 0.3) is 10.9 Å². The lowest BCUT2D eigenvalue weighted by atomic mass is 10.2. The average Bonchev–Trinajstić information content (AvgIpc) is 3.04. The molecule has 0 unspecified atom stereocenters. The Balaban J connectivity index is 1.93. The van der Waals surface area contributed by atoms with E-state index in [2.05, 4.69) is 15.5 Å². The van der Waals surface area contributed by atoms with E-state index in [4.69, 9.17) is 0 Å². The zero-order valence-electron chi connectivity index (χ0n) is 13.1. The van der Waals surface area contributed by atoms with Crippen molar-refractivity contribution in [1.29, 1.82) is 0 Å². The van der Waals surface area contributed by atoms with Crippen molar-refractivity contribution in [3.8, 4) is 0 Å². The van der Waals surface area contributed by atoms with E-state index in [0.717, 1.165) is 9.69 Å². The van der Waals surface area contributed by atoms with Crippen LogP contribution in [0.4, 0.5) is 5.69 Å². The molecule has 0 atom stereocenters. The number of fused-ring (bicyclic) bond motifs is 1. The highest BCUT2D eigenvalue weighted by molar-refractivity contribution is 7.89. The molecule has 8 heteroatoms. The van der Waals surface area contributed by atoms with Crippen LogP contribution in [0.2, 0.25) is 0 Å². The van der Waals surface area contributed by atoms with Crippen molar-refractivity contribution in [2.75, 3.05) is 19.4 Å². The fourth-order valence-electron chi connectivity index (χ4n) is 2.28. The highest BCUT2D eigenvalue weighted by Gasteiger charge is 2.19. The molecular weight excluding hydrogens is 328 g/mol. The fraction of sp³-hybridized carbons (Fsp3) is 0.125. The molecule has 24 heavy (non-hydrogen) atoms. The maximum Gasteiger partial charge on any atom is 0.255 e. The van der Waals surface area contributed by atoms with Crippen LogP contribution < -0.4 is 5.32 Å². The Bertz CT molecular complexity index is 1010. The fourth-order valence-corrected chi connectivity index (χ4v) is 3.22. The Kier molecular flexibility index (Phi) is 4.08. The van der Waals surface area contributed by atoms with Gasteiger partial charge in [-0.05, 0) is 24.3 Å². The molecule has 2 aromatic carbocycles. The average molecular weight is 344 g/mol. The third kappa shape index (κ3) is 2.89. The van der Waals surface area contributed by atoms with Crippen LogP contribution >= 0.6 is 0 Å². The van der Waals surface area contributed by atoms with Crippen molar-refractivity contribution in [3.05, 3.63) is 54.2 Å². The van der Waals surface area contributed by atoms with Crippen molar-refractivity contribution in [1.82, 2.24) is 14.5 Å². The second-order valence-electron chi connectivity index (χ2n) is 5.41. The summed E-state index contributed by atoms with van der Waals surface area (Å²) in [5.41, 5.74) is 1.55. The minimum absolute atomic E-state index is 0.0694. The van der Waals surface area contributed by atoms with Gasteiger partial charge in [-0.15, -0.1) is 0 Å². The third-order valence-corrected chi connectivity index (χ3v) is 5.41. The largest absolute Gasteiger partial charge is 0.320 e. The Morgan fingerprint density at radius 1 is 1.17 bits per heavy atom. The maximum absolute atomic E-state index is 12.5. The van der Waals surface area contributed by atoms with Crippen LogP contribution in [-0.4, -0.2) is 42.9 Å². The first-order chi connectivity index (χ1) is 11.4. The molecule has 2 N–H and O–H groups in total. The lowest BCUT2D eigenvalue weighted by Crippen LogP contribution is -2.22. The molecule has 3 rings (SSSR count). The second kappa shape index (κ2) is 6.06. The molecule has 0 fully saturated rings. The minimum Gasteiger partial charge on any atom is -0.320 e. The van der Waals surface area contributed by atoms with Crippen molar-refractivity contribution in [2.24, 2.45) is 0 Å². The van der Waals surface area contributed by atoms with Gasteiger partial charge in [-0.2, -0.15) is 5.10 Å². The number of aromatic amines is 1. The molecule has 0 bridgehead atoms. The molecular formula is C16H16N4O3S. The van der Waals surface area contributed by atoms with Crippen LogP contribution in [0.5, 0.6) is 0 Å². The van der Waals surface area contributed by atoms with E-state index >= 15 is 0 Å². The van der Waals surface area contributed by atoms with Crippen LogP contribution in [0.15, 0.2) is 53.6 Å². The summed E-state index contributed by atoms with van der Waals surface area (Å²) in [7, 11) is -0.703. The molecule has 0 aliphatic heterocycles. The number of anilines is 1. The maximum atomic E-state index is 12.5. The monoisotopic (exact) mass is 344 g/mol. The number of benzene rings is 2. The molecule has 1 heterocycles. The molecule has 1 aromatic heterocycles. The van der Waals surface area contributed by atoms with Gasteiger partial charge in [0.15, 0.2) is 0 Å². The molecule has 3 aromatic rings. The van der Waals surface area contributed by atoms with E-state index < -0.39 is 15.9 Å². The number of nitrogens with zero attached hydrogens (tertiary/aromatic N) is 2. The summed E-state index contributed by atoms with van der Waals surface area (Å²) in [6.07, 6.45) is 1.66. The molecule has 124 valence electrons. The molecule has 0 saturated carbocycles. The molecule has 7 nitrogen and oxygen atoms in total. The first kappa shape index (κ1) is 16.2. The number of rotatable bonds is 4. The number of amides is 1. The van der Waals surface area contributed by atoms with Gasteiger partial charge in [0.1, 0.15) is 0 Å². The van der Waals surface area contributed by atoms with E-state index in [9.17, 15) is 13.2 Å². The van der Waals surface area contributed by atoms with Gasteiger partial charge in [0.05, 0.1) is 22.3 Å². The summed E-state index contributed by atoms with van der Waals surface area (Å²) in [4.78, 5) is 12.5. The first-order valence-corrected chi connectivity index (χ1v) is 8.59. The number of sulfonamides is 1. The minimum atomic E-state index is -3.59. The normalized spacial score (nSPS) is 11.8. The standard InChI is InChI=1S/C16H16N4O3S/c1-20(2)24(22,23)13-7-3-5-11(9-13)16(21)18-14-8-4-6-12-10-17-19-15(12)14/h3-10H,1-2H3,(H,17,19)(H,18,21). The number of hydrogen-bond acceptors (Lipinski definition) is 4. The first-order valence-electron chi connectivity index (χ1n) is 7.15. The van der Waals surface area contributed by atoms with Crippen molar-refractivity contribution < 1.29 is 13.2 Å². The number of hydrogen-bond donors (Lipinski definition) is 2. The van der Waals surface area contributed by atoms with E-state index in [1.54, 1.807) is 30.5 Å². The van der Waals surface area contributed by atoms with Gasteiger partial charge in [0, 0.05) is 25.0 Å². The molecule has 0 aliphatic carbocycles. The van der Waals surface area contributed by atoms with E-state index in [1.807, 2.05) is 6.07 Å². The Hall–Kier alpha value is -2.71. The van der Waals surface area contributed by atoms with Gasteiger partial charge in [-0.1, -0.05) is 18.2 Å². The molecule has 0 radical (unpaired) electrons. The smallest absolute Gasteiger partial charge is 0.255 e. The quantitative estimate of drug-likeness (QED) is 0.757. The summed E-state index contributed by atoms with van der Waals surface area (Å²) in [5, 5.41) is 10.4. The number of aromatic nitrogens is 2. The Labute approximate surface area is 139 Å². The third-order valence-electron chi connectivity index (χ3n) is 3.60. The summed E-state index contributed by atoms with van der Waals surface area (Å²) >= 11 is 0. The van der Waals surface area contributed by atoms with Crippen molar-refractivity contribution >= 4 is 32.5 Å². The van der Waals surface area contributed by atoms with Crippen LogP contribution in [0.3, 0.4) is 0 Å². The molecule has 0 spiro atoms. The summed E-state index contributed by atoms with van der Waals surface area (Å²) < 4.78 is 25.5. The number of carbonyl (C=O) groups excluding carboxylic acids is 1. The zero-order chi connectivity index (χ0) is 17.3. The molecule has 0 aliphatic rings. The highest BCUT2D eigenvalue weighted by Crippen LogP contribution is 2.22. The van der Waals surface area contributed by atoms with Gasteiger partial charge in [0.25, 0.3) is 5.91 Å². The topological polar surface area (TPSA) is 95.2 Å². The van der Waals surface area contributed by atoms with Crippen molar-refractivity contribution in [2.45, 2.75) is 4.90 Å². The van der Waals surface area contributed by atoms with Crippen LogP contribution in [0.1, 0.15) is 10.4 Å². The van der Waals surface area contributed by atoms with E-state index in [-0.39, 0.29) is 10.5 Å². The lowest BCUT2D eigenvalue weighted by molar-refractivity contribution is 0.102. The van der Waals surface area contributed by atoms with Crippen LogP contribution in [0, 0.1) is 0 Å². The predicted octanol–water partition coefficient (Wildman–Crippen LogP) is 2.07. The predicted molar refractivity (Wildman–Crippen MR) is 91.4 cm³/mol. The molecule has 1 amide bonds. The summed E-state index contributed by atoms with van der Waals surface area (Å²) in [5.74, 6) is -0.395. The summed E-state index contributed by atoms with van der Waals surface area (Å²) in [6.45, 7) is 0. The second-order valence-corrected chi connectivity index (χ2v) is 7.56. The van der Waals surface area contributed by atoms with Gasteiger partial charge >= 0.3 is 0 Å². The van der Waals surface area contributed by atoms with E-state index in [0.29, 0.717) is 11.2 Å². The SMILES string of the molecule is CN(C)S(=O)(=O)c1cccc(C(=O)Nc2cccc3cn[nH]c23)c1. The van der Waals surface area contributed by atoms with Crippen molar-refractivity contribution in [3.63, 3.8) is 0 Å². The zero-order valence-corrected chi connectivity index (χ0v) is 14.0. The Morgan fingerprint density at radius 2 is 1.92 bits per heavy atom. The number of para-hydroxylation sites is 1. The van der Waals surface area contributed by atoms with E-state index in [1.165, 1.54) is 26.2 Å². The molecule has 0 saturated heterocycles. The number of nitrogens with one attached hydrogen (secondary N) is 2. The van der Waals surface area contributed by atoms with Crippen LogP contribution in [-0.2, 0) is 10.0 Å². The summed E-state index contributed by atoms with van der Waals surface area (Å²) in [6, 6.07) is 11.4. The van der Waals surface area contributed by atoms with Gasteiger partial charge in [-0.3, -0.25) is 9.89 Å². The van der Waals surface area contributed by atoms with Gasteiger partial charge < -0.3 is 5.32 Å². The lowest BCUT2D eigenvalue weighted by Gasteiger charge is -2.12. The van der Waals surface area contributed by atoms with Gasteiger partial charge in [-0.25, -0.2) is 12.7 Å². The highest BCUT2D eigenvalue weighted by atomic mass is 32.2. The number of H-pyrrole nitrogens is 1.